The number of benzene rings is 1. The van der Waals surface area contributed by atoms with E-state index in [2.05, 4.69) is 0 Å². The number of likely N-dealkylation sites (tertiary alicyclic amines) is 1. The van der Waals surface area contributed by atoms with E-state index in [1.165, 1.54) is 11.3 Å². The summed E-state index contributed by atoms with van der Waals surface area (Å²) in [6.07, 6.45) is 1.12. The third-order valence-corrected chi connectivity index (χ3v) is 6.50. The Hall–Kier alpha value is -2.67. The third kappa shape index (κ3) is 4.05. The van der Waals surface area contributed by atoms with Crippen LogP contribution in [0, 0.1) is 5.92 Å². The first-order valence-electron chi connectivity index (χ1n) is 9.97. The van der Waals surface area contributed by atoms with Crippen LogP contribution >= 0.6 is 11.3 Å². The van der Waals surface area contributed by atoms with Gasteiger partial charge < -0.3 is 14.5 Å². The number of carbonyl (C=O) groups excluding carboxylic acids is 3. The highest BCUT2D eigenvalue weighted by Gasteiger charge is 2.33. The number of esters is 1. The Balaban J connectivity index is 1.30. The van der Waals surface area contributed by atoms with Gasteiger partial charge in [0.1, 0.15) is 0 Å². The van der Waals surface area contributed by atoms with Gasteiger partial charge in [0.25, 0.3) is 11.8 Å². The molecule has 0 saturated carbocycles. The monoisotopic (exact) mass is 412 g/mol. The van der Waals surface area contributed by atoms with Crippen LogP contribution in [0.2, 0.25) is 0 Å². The van der Waals surface area contributed by atoms with Crippen LogP contribution in [-0.2, 0) is 20.7 Å². The molecule has 0 spiro atoms. The average Bonchev–Trinajstić information content (AvgIpc) is 3.43. The van der Waals surface area contributed by atoms with Gasteiger partial charge in [-0.05, 0) is 49.3 Å². The van der Waals surface area contributed by atoms with E-state index in [-0.39, 0.29) is 23.7 Å². The third-order valence-electron chi connectivity index (χ3n) is 5.64. The number of fused-ring (bicyclic) bond motifs is 1. The lowest BCUT2D eigenvalue weighted by Crippen LogP contribution is -2.43. The van der Waals surface area contributed by atoms with Crippen molar-refractivity contribution < 1.29 is 19.1 Å². The van der Waals surface area contributed by atoms with Crippen LogP contribution in [0.25, 0.3) is 0 Å². The number of anilines is 1. The number of nitrogens with zero attached hydrogens (tertiary/aromatic N) is 2. The van der Waals surface area contributed by atoms with E-state index in [0.29, 0.717) is 32.5 Å². The van der Waals surface area contributed by atoms with Crippen molar-refractivity contribution in [2.45, 2.75) is 32.3 Å². The Morgan fingerprint density at radius 1 is 1.07 bits per heavy atom. The second kappa shape index (κ2) is 8.37. The van der Waals surface area contributed by atoms with Gasteiger partial charge in [0.2, 0.25) is 0 Å². The number of ether oxygens (including phenoxy) is 1. The van der Waals surface area contributed by atoms with Gasteiger partial charge in [0.05, 0.1) is 10.8 Å². The fraction of sp³-hybridized carbons (Fsp3) is 0.409. The molecule has 1 aromatic heterocycles. The van der Waals surface area contributed by atoms with Crippen LogP contribution in [0.15, 0.2) is 41.8 Å². The van der Waals surface area contributed by atoms with Crippen molar-refractivity contribution in [1.29, 1.82) is 0 Å². The summed E-state index contributed by atoms with van der Waals surface area (Å²) < 4.78 is 5.52. The lowest BCUT2D eigenvalue weighted by molar-refractivity contribution is -0.159. The van der Waals surface area contributed by atoms with Gasteiger partial charge in [-0.2, -0.15) is 0 Å². The molecule has 0 radical (unpaired) electrons. The van der Waals surface area contributed by atoms with Gasteiger partial charge in [0.15, 0.2) is 6.10 Å². The molecule has 1 saturated heterocycles. The molecule has 2 aliphatic rings. The fourth-order valence-corrected chi connectivity index (χ4v) is 4.67. The molecule has 152 valence electrons. The van der Waals surface area contributed by atoms with Crippen molar-refractivity contribution in [3.05, 3.63) is 52.2 Å². The lowest BCUT2D eigenvalue weighted by atomic mass is 9.97. The molecule has 2 aromatic rings. The van der Waals surface area contributed by atoms with Crippen molar-refractivity contribution in [3.63, 3.8) is 0 Å². The number of piperidine rings is 1. The largest absolute Gasteiger partial charge is 0.452 e. The number of para-hydroxylation sites is 1. The minimum Gasteiger partial charge on any atom is -0.452 e. The molecular weight excluding hydrogens is 388 g/mol. The molecule has 29 heavy (non-hydrogen) atoms. The van der Waals surface area contributed by atoms with E-state index in [1.54, 1.807) is 16.7 Å². The lowest BCUT2D eigenvalue weighted by Gasteiger charge is -2.31. The normalized spacial score (nSPS) is 17.7. The summed E-state index contributed by atoms with van der Waals surface area (Å²) in [5.74, 6) is -0.790. The van der Waals surface area contributed by atoms with Gasteiger partial charge in [-0.3, -0.25) is 14.4 Å². The highest BCUT2D eigenvalue weighted by molar-refractivity contribution is 7.12. The topological polar surface area (TPSA) is 66.9 Å². The van der Waals surface area contributed by atoms with Crippen molar-refractivity contribution >= 4 is 34.8 Å². The zero-order valence-electron chi connectivity index (χ0n) is 16.4. The fourth-order valence-electron chi connectivity index (χ4n) is 3.98. The summed E-state index contributed by atoms with van der Waals surface area (Å²) in [7, 11) is 0. The number of rotatable bonds is 4. The van der Waals surface area contributed by atoms with E-state index in [1.807, 2.05) is 41.8 Å². The first kappa shape index (κ1) is 19.6. The summed E-state index contributed by atoms with van der Waals surface area (Å²) >= 11 is 1.43. The van der Waals surface area contributed by atoms with E-state index in [4.69, 9.17) is 4.74 Å². The predicted molar refractivity (Wildman–Crippen MR) is 111 cm³/mol. The number of hydrogen-bond donors (Lipinski definition) is 0. The average molecular weight is 413 g/mol. The molecule has 1 atom stereocenters. The minimum atomic E-state index is -0.820. The Kier molecular flexibility index (Phi) is 5.67. The highest BCUT2D eigenvalue weighted by Crippen LogP contribution is 2.29. The van der Waals surface area contributed by atoms with Crippen molar-refractivity contribution in [2.75, 3.05) is 24.5 Å². The maximum absolute atomic E-state index is 12.8. The van der Waals surface area contributed by atoms with Crippen LogP contribution in [0.4, 0.5) is 5.69 Å². The smallest absolute Gasteiger partial charge is 0.309 e. The highest BCUT2D eigenvalue weighted by atomic mass is 32.1. The predicted octanol–water partition coefficient (Wildman–Crippen LogP) is 3.12. The molecule has 0 aliphatic carbocycles. The van der Waals surface area contributed by atoms with Gasteiger partial charge in [0, 0.05) is 25.3 Å². The second-order valence-corrected chi connectivity index (χ2v) is 8.44. The van der Waals surface area contributed by atoms with Crippen molar-refractivity contribution in [1.82, 2.24) is 4.90 Å². The molecule has 1 aromatic carbocycles. The summed E-state index contributed by atoms with van der Waals surface area (Å²) in [6, 6.07) is 11.5. The van der Waals surface area contributed by atoms with E-state index < -0.39 is 6.10 Å². The Labute approximate surface area is 174 Å². The Morgan fingerprint density at radius 2 is 1.83 bits per heavy atom. The molecule has 4 rings (SSSR count). The molecule has 3 heterocycles. The molecule has 0 bridgehead atoms. The molecule has 2 amide bonds. The van der Waals surface area contributed by atoms with Gasteiger partial charge in [-0.25, -0.2) is 0 Å². The van der Waals surface area contributed by atoms with Crippen LogP contribution in [0.5, 0.6) is 0 Å². The number of thiophene rings is 1. The maximum Gasteiger partial charge on any atom is 0.309 e. The second-order valence-electron chi connectivity index (χ2n) is 7.49. The van der Waals surface area contributed by atoms with Crippen LogP contribution < -0.4 is 4.90 Å². The zero-order chi connectivity index (χ0) is 20.4. The zero-order valence-corrected chi connectivity index (χ0v) is 17.2. The molecule has 0 N–H and O–H groups in total. The van der Waals surface area contributed by atoms with Gasteiger partial charge in [-0.15, -0.1) is 11.3 Å². The van der Waals surface area contributed by atoms with Crippen molar-refractivity contribution in [3.8, 4) is 0 Å². The number of amides is 2. The summed E-state index contributed by atoms with van der Waals surface area (Å²) in [6.45, 7) is 3.30. The molecule has 7 heteroatoms. The first-order chi connectivity index (χ1) is 14.0. The first-order valence-corrected chi connectivity index (χ1v) is 10.8. The molecule has 6 nitrogen and oxygen atoms in total. The maximum atomic E-state index is 12.8. The molecular formula is C22H24N2O4S. The molecule has 0 unspecified atom stereocenters. The van der Waals surface area contributed by atoms with Crippen LogP contribution in [0.3, 0.4) is 0 Å². The number of hydrogen-bond acceptors (Lipinski definition) is 5. The number of carbonyl (C=O) groups is 3. The van der Waals surface area contributed by atoms with Gasteiger partial charge >= 0.3 is 5.97 Å². The van der Waals surface area contributed by atoms with E-state index in [9.17, 15) is 14.4 Å². The van der Waals surface area contributed by atoms with Crippen molar-refractivity contribution in [2.24, 2.45) is 5.92 Å². The minimum absolute atomic E-state index is 0.0167. The Morgan fingerprint density at radius 3 is 2.55 bits per heavy atom. The summed E-state index contributed by atoms with van der Waals surface area (Å²) in [4.78, 5) is 42.0. The standard InChI is InChI=1S/C22H24N2O4S/c1-15(20(25)24-13-10-16-5-2-3-6-18(16)24)28-22(27)17-8-11-23(12-9-17)21(26)19-7-4-14-29-19/h2-7,14-15,17H,8-13H2,1H3/t15-/m0/s1. The quantitative estimate of drug-likeness (QED) is 0.724. The summed E-state index contributed by atoms with van der Waals surface area (Å²) in [5, 5.41) is 1.88. The molecule has 2 aliphatic heterocycles. The Bertz CT molecular complexity index is 903. The molecule has 1 fully saturated rings. The van der Waals surface area contributed by atoms with E-state index >= 15 is 0 Å². The van der Waals surface area contributed by atoms with Gasteiger partial charge in [-0.1, -0.05) is 24.3 Å². The SMILES string of the molecule is C[C@H](OC(=O)C1CCN(C(=O)c2cccs2)CC1)C(=O)N1CCc2ccccc21. The van der Waals surface area contributed by atoms with E-state index in [0.717, 1.165) is 22.5 Å². The van der Waals surface area contributed by atoms with Crippen LogP contribution in [-0.4, -0.2) is 48.4 Å². The van der Waals surface area contributed by atoms with Crippen LogP contribution in [0.1, 0.15) is 35.0 Å². The summed E-state index contributed by atoms with van der Waals surface area (Å²) in [5.41, 5.74) is 2.04.